The normalized spacial score (nSPS) is 23.3. The first kappa shape index (κ1) is 9.43. The number of fused-ring (bicyclic) bond motifs is 1. The fourth-order valence-electron chi connectivity index (χ4n) is 3.01. The van der Waals surface area contributed by atoms with Crippen molar-refractivity contribution in [2.75, 3.05) is 20.6 Å². The van der Waals surface area contributed by atoms with Gasteiger partial charge in [0.05, 0.1) is 7.11 Å². The third kappa shape index (κ3) is 2.23. The molecule has 1 fully saturated rings. The van der Waals surface area contributed by atoms with Crippen molar-refractivity contribution < 1.29 is 8.85 Å². The number of ether oxygens (including phenoxy) is 1. The van der Waals surface area contributed by atoms with Gasteiger partial charge in [0, 0.05) is 27.3 Å². The number of H-pyrrole nitrogens is 1. The molecule has 3 nitrogen and oxygen atoms in total. The lowest BCUT2D eigenvalue weighted by atomic mass is 10.0. The Hall–Kier alpha value is -1.48. The fraction of sp³-hybridized carbons (Fsp3) is 0.500. The molecule has 0 spiro atoms. The SMILES string of the molecule is [2H]C([2H])([2H])N1CCC[C@@H]1Cc1c[nH]c2cc(C)c(OC)cc12. The summed E-state index contributed by atoms with van der Waals surface area (Å²) in [5.74, 6) is 0.868. The van der Waals surface area contributed by atoms with Crippen LogP contribution in [0, 0.1) is 6.92 Å². The Morgan fingerprint density at radius 1 is 1.53 bits per heavy atom. The van der Waals surface area contributed by atoms with Gasteiger partial charge >= 0.3 is 0 Å². The Morgan fingerprint density at radius 3 is 3.21 bits per heavy atom. The van der Waals surface area contributed by atoms with Crippen LogP contribution in [0.25, 0.3) is 10.9 Å². The zero-order valence-corrected chi connectivity index (χ0v) is 11.5. The molecule has 2 heterocycles. The summed E-state index contributed by atoms with van der Waals surface area (Å²) in [5, 5.41) is 1.12. The molecule has 19 heavy (non-hydrogen) atoms. The van der Waals surface area contributed by atoms with Gasteiger partial charge in [-0.15, -0.1) is 0 Å². The molecule has 0 amide bonds. The Bertz CT molecular complexity index is 678. The van der Waals surface area contributed by atoms with Gasteiger partial charge in [-0.05, 0) is 63.0 Å². The molecule has 1 saturated heterocycles. The summed E-state index contributed by atoms with van der Waals surface area (Å²) in [6.45, 7) is 0.680. The number of benzene rings is 1. The van der Waals surface area contributed by atoms with Crippen LogP contribution in [-0.4, -0.2) is 36.6 Å². The number of methoxy groups -OCH3 is 1. The van der Waals surface area contributed by atoms with E-state index in [-0.39, 0.29) is 6.04 Å². The molecule has 1 aromatic heterocycles. The molecule has 1 aromatic carbocycles. The molecule has 1 N–H and O–H groups in total. The lowest BCUT2D eigenvalue weighted by molar-refractivity contribution is 0.310. The minimum atomic E-state index is -2.00. The van der Waals surface area contributed by atoms with Crippen LogP contribution >= 0.6 is 0 Å². The second-order valence-electron chi connectivity index (χ2n) is 5.37. The Kier molecular flexibility index (Phi) is 2.43. The Balaban J connectivity index is 1.91. The molecular formula is C16H22N2O. The first-order chi connectivity index (χ1) is 10.4. The van der Waals surface area contributed by atoms with Crippen molar-refractivity contribution in [2.24, 2.45) is 0 Å². The van der Waals surface area contributed by atoms with Crippen molar-refractivity contribution in [1.29, 1.82) is 0 Å². The first-order valence-corrected chi connectivity index (χ1v) is 6.81. The summed E-state index contributed by atoms with van der Waals surface area (Å²) < 4.78 is 28.4. The number of nitrogens with one attached hydrogen (secondary N) is 1. The zero-order chi connectivity index (χ0) is 15.9. The molecular weight excluding hydrogens is 236 g/mol. The second-order valence-corrected chi connectivity index (χ2v) is 5.37. The smallest absolute Gasteiger partial charge is 0.122 e. The van der Waals surface area contributed by atoms with Crippen molar-refractivity contribution in [3.05, 3.63) is 29.5 Å². The topological polar surface area (TPSA) is 28.3 Å². The van der Waals surface area contributed by atoms with Crippen molar-refractivity contribution in [3.63, 3.8) is 0 Å². The van der Waals surface area contributed by atoms with E-state index in [0.717, 1.165) is 47.0 Å². The van der Waals surface area contributed by atoms with Gasteiger partial charge < -0.3 is 14.6 Å². The summed E-state index contributed by atoms with van der Waals surface area (Å²) in [6.07, 6.45) is 4.64. The quantitative estimate of drug-likeness (QED) is 0.919. The van der Waals surface area contributed by atoms with Gasteiger partial charge in [-0.2, -0.15) is 0 Å². The lowest BCUT2D eigenvalue weighted by Gasteiger charge is -2.18. The van der Waals surface area contributed by atoms with Crippen molar-refractivity contribution >= 4 is 10.9 Å². The summed E-state index contributed by atoms with van der Waals surface area (Å²) in [4.78, 5) is 4.96. The first-order valence-electron chi connectivity index (χ1n) is 8.31. The minimum absolute atomic E-state index is 0.0822. The maximum atomic E-state index is 7.67. The highest BCUT2D eigenvalue weighted by Crippen LogP contribution is 2.29. The number of hydrogen-bond acceptors (Lipinski definition) is 2. The fourth-order valence-corrected chi connectivity index (χ4v) is 3.01. The molecule has 1 aliphatic rings. The van der Waals surface area contributed by atoms with Crippen molar-refractivity contribution in [1.82, 2.24) is 9.88 Å². The third-order valence-electron chi connectivity index (χ3n) is 4.12. The monoisotopic (exact) mass is 261 g/mol. The number of aryl methyl sites for hydroxylation is 1. The van der Waals surface area contributed by atoms with E-state index in [9.17, 15) is 0 Å². The van der Waals surface area contributed by atoms with E-state index in [1.807, 2.05) is 19.2 Å². The standard InChI is InChI=1S/C16H22N2O/c1-11-7-15-14(9-16(11)19-3)12(10-17-15)8-13-5-4-6-18(13)2/h7,9-10,13,17H,4-6,8H2,1-3H3/t13-/m1/s1/i2D3. The molecule has 102 valence electrons. The Morgan fingerprint density at radius 2 is 2.42 bits per heavy atom. The summed E-state index contributed by atoms with van der Waals surface area (Å²) in [7, 11) is 1.67. The number of nitrogens with zero attached hydrogens (tertiary/aromatic N) is 1. The molecule has 1 atom stereocenters. The highest BCUT2D eigenvalue weighted by molar-refractivity contribution is 5.85. The molecule has 2 aromatic rings. The molecule has 0 bridgehead atoms. The van der Waals surface area contributed by atoms with E-state index in [0.29, 0.717) is 6.54 Å². The number of aromatic amines is 1. The molecule has 0 aliphatic carbocycles. The van der Waals surface area contributed by atoms with Gasteiger partial charge in [0.15, 0.2) is 0 Å². The number of likely N-dealkylation sites (N-methyl/N-ethyl adjacent to an activating group) is 1. The molecule has 0 saturated carbocycles. The van der Waals surface area contributed by atoms with E-state index in [1.165, 1.54) is 0 Å². The van der Waals surface area contributed by atoms with Gasteiger partial charge in [0.25, 0.3) is 0 Å². The van der Waals surface area contributed by atoms with Crippen LogP contribution in [0.15, 0.2) is 18.3 Å². The van der Waals surface area contributed by atoms with Crippen LogP contribution in [0.3, 0.4) is 0 Å². The van der Waals surface area contributed by atoms with Crippen molar-refractivity contribution in [3.8, 4) is 5.75 Å². The molecule has 3 rings (SSSR count). The van der Waals surface area contributed by atoms with Crippen LogP contribution in [-0.2, 0) is 6.42 Å². The van der Waals surface area contributed by atoms with Crippen LogP contribution in [0.2, 0.25) is 0 Å². The van der Waals surface area contributed by atoms with Gasteiger partial charge in [0.2, 0.25) is 0 Å². The van der Waals surface area contributed by atoms with E-state index in [4.69, 9.17) is 8.85 Å². The highest BCUT2D eigenvalue weighted by atomic mass is 16.5. The van der Waals surface area contributed by atoms with Gasteiger partial charge in [-0.1, -0.05) is 0 Å². The largest absolute Gasteiger partial charge is 0.496 e. The van der Waals surface area contributed by atoms with Crippen LogP contribution in [0.1, 0.15) is 28.1 Å². The van der Waals surface area contributed by atoms with E-state index < -0.39 is 6.98 Å². The maximum absolute atomic E-state index is 7.67. The third-order valence-corrected chi connectivity index (χ3v) is 4.12. The number of hydrogen-bond donors (Lipinski definition) is 1. The van der Waals surface area contributed by atoms with Crippen LogP contribution < -0.4 is 4.74 Å². The average Bonchev–Trinajstić information content (AvgIpc) is 3.05. The van der Waals surface area contributed by atoms with Crippen LogP contribution in [0.4, 0.5) is 0 Å². The van der Waals surface area contributed by atoms with E-state index >= 15 is 0 Å². The van der Waals surface area contributed by atoms with Gasteiger partial charge in [-0.25, -0.2) is 0 Å². The predicted molar refractivity (Wildman–Crippen MR) is 78.9 cm³/mol. The maximum Gasteiger partial charge on any atom is 0.122 e. The summed E-state index contributed by atoms with van der Waals surface area (Å²) in [5.41, 5.74) is 3.33. The molecule has 0 radical (unpaired) electrons. The second kappa shape index (κ2) is 4.89. The molecule has 3 heteroatoms. The van der Waals surface area contributed by atoms with E-state index in [2.05, 4.69) is 11.1 Å². The van der Waals surface area contributed by atoms with Crippen LogP contribution in [0.5, 0.6) is 5.75 Å². The molecule has 1 aliphatic heterocycles. The number of rotatable bonds is 3. The number of likely N-dealkylation sites (tertiary alicyclic amines) is 1. The highest BCUT2D eigenvalue weighted by Gasteiger charge is 2.22. The average molecular weight is 261 g/mol. The number of aromatic nitrogens is 1. The summed E-state index contributed by atoms with van der Waals surface area (Å²) >= 11 is 0. The van der Waals surface area contributed by atoms with E-state index in [1.54, 1.807) is 12.0 Å². The van der Waals surface area contributed by atoms with Gasteiger partial charge in [0.1, 0.15) is 5.75 Å². The predicted octanol–water partition coefficient (Wildman–Crippen LogP) is 3.12. The Labute approximate surface area is 118 Å². The lowest BCUT2D eigenvalue weighted by Crippen LogP contribution is -2.26. The zero-order valence-electron chi connectivity index (χ0n) is 14.5. The van der Waals surface area contributed by atoms with Gasteiger partial charge in [-0.3, -0.25) is 0 Å². The summed E-state index contributed by atoms with van der Waals surface area (Å²) in [6, 6.07) is 4.21. The minimum Gasteiger partial charge on any atom is -0.496 e. The van der Waals surface area contributed by atoms with Crippen molar-refractivity contribution in [2.45, 2.75) is 32.2 Å². The molecule has 0 unspecified atom stereocenters.